The van der Waals surface area contributed by atoms with Gasteiger partial charge in [0.1, 0.15) is 5.82 Å². The minimum absolute atomic E-state index is 0.00784. The van der Waals surface area contributed by atoms with Crippen molar-refractivity contribution in [2.24, 2.45) is 11.3 Å². The fourth-order valence-corrected chi connectivity index (χ4v) is 3.39. The molecule has 0 bridgehead atoms. The van der Waals surface area contributed by atoms with Crippen LogP contribution in [-0.2, 0) is 0 Å². The third kappa shape index (κ3) is 4.95. The van der Waals surface area contributed by atoms with E-state index in [1.165, 1.54) is 32.1 Å². The summed E-state index contributed by atoms with van der Waals surface area (Å²) in [7, 11) is 3.51. The maximum absolute atomic E-state index is 11.9. The number of rotatable bonds is 3. The molecule has 2 rings (SSSR count). The van der Waals surface area contributed by atoms with Crippen LogP contribution in [-0.4, -0.2) is 35.9 Å². The number of amides is 1. The van der Waals surface area contributed by atoms with Crippen LogP contribution in [0.3, 0.4) is 0 Å². The first kappa shape index (κ1) is 17.8. The summed E-state index contributed by atoms with van der Waals surface area (Å²) in [6, 6.07) is 4.26. The Labute approximate surface area is 140 Å². The second-order valence-corrected chi connectivity index (χ2v) is 8.04. The van der Waals surface area contributed by atoms with E-state index >= 15 is 0 Å². The molecule has 1 fully saturated rings. The van der Waals surface area contributed by atoms with E-state index in [1.54, 1.807) is 25.2 Å². The van der Waals surface area contributed by atoms with Gasteiger partial charge in [-0.15, -0.1) is 0 Å². The third-order valence-corrected chi connectivity index (χ3v) is 4.96. The first-order valence-electron chi connectivity index (χ1n) is 8.71. The molecule has 2 unspecified atom stereocenters. The normalized spacial score (nSPS) is 22.3. The molecule has 1 heterocycles. The van der Waals surface area contributed by atoms with Gasteiger partial charge in [0.2, 0.25) is 0 Å². The van der Waals surface area contributed by atoms with Gasteiger partial charge in [0.15, 0.2) is 0 Å². The number of anilines is 1. The van der Waals surface area contributed by atoms with Gasteiger partial charge in [-0.2, -0.15) is 0 Å². The average Bonchev–Trinajstić information content (AvgIpc) is 2.72. The van der Waals surface area contributed by atoms with Crippen LogP contribution in [0.4, 0.5) is 5.82 Å². The molecule has 0 aliphatic heterocycles. The van der Waals surface area contributed by atoms with Gasteiger partial charge in [0, 0.05) is 26.3 Å². The molecule has 0 aromatic carbocycles. The monoisotopic (exact) mass is 317 g/mol. The van der Waals surface area contributed by atoms with E-state index in [2.05, 4.69) is 31.1 Å². The lowest BCUT2D eigenvalue weighted by atomic mass is 9.76. The van der Waals surface area contributed by atoms with Crippen LogP contribution >= 0.6 is 0 Å². The zero-order valence-electron chi connectivity index (χ0n) is 15.2. The molecule has 1 aliphatic rings. The Morgan fingerprint density at radius 2 is 1.91 bits per heavy atom. The SMILES string of the molecule is CN(C)C(=O)c1ccc(NC2CCCC(C(C)(C)C)CC2)nc1. The zero-order chi connectivity index (χ0) is 17.0. The number of hydrogen-bond acceptors (Lipinski definition) is 3. The Morgan fingerprint density at radius 1 is 1.17 bits per heavy atom. The van der Waals surface area contributed by atoms with Gasteiger partial charge in [0.25, 0.3) is 5.91 Å². The van der Waals surface area contributed by atoms with Crippen molar-refractivity contribution in [3.8, 4) is 0 Å². The van der Waals surface area contributed by atoms with Crippen molar-refractivity contribution in [1.82, 2.24) is 9.88 Å². The highest BCUT2D eigenvalue weighted by atomic mass is 16.2. The number of nitrogens with one attached hydrogen (secondary N) is 1. The molecule has 0 radical (unpaired) electrons. The lowest BCUT2D eigenvalue weighted by Crippen LogP contribution is -2.23. The maximum Gasteiger partial charge on any atom is 0.254 e. The number of carbonyl (C=O) groups excluding carboxylic acids is 1. The number of pyridine rings is 1. The fraction of sp³-hybridized carbons (Fsp3) is 0.684. The van der Waals surface area contributed by atoms with E-state index in [0.717, 1.165) is 11.7 Å². The standard InChI is InChI=1S/C19H31N3O/c1-19(2,3)15-7-6-8-16(11-10-15)21-17-12-9-14(13-20-17)18(23)22(4)5/h9,12-13,15-16H,6-8,10-11H2,1-5H3,(H,20,21). The minimum Gasteiger partial charge on any atom is -0.367 e. The van der Waals surface area contributed by atoms with E-state index in [9.17, 15) is 4.79 Å². The van der Waals surface area contributed by atoms with Gasteiger partial charge in [-0.3, -0.25) is 4.79 Å². The number of carbonyl (C=O) groups is 1. The van der Waals surface area contributed by atoms with Crippen LogP contribution in [0.25, 0.3) is 0 Å². The first-order chi connectivity index (χ1) is 10.8. The lowest BCUT2D eigenvalue weighted by Gasteiger charge is -2.29. The summed E-state index contributed by atoms with van der Waals surface area (Å²) in [5, 5.41) is 3.55. The second-order valence-electron chi connectivity index (χ2n) is 8.04. The van der Waals surface area contributed by atoms with Crippen molar-refractivity contribution < 1.29 is 4.79 Å². The molecule has 4 heteroatoms. The Hall–Kier alpha value is -1.58. The predicted octanol–water partition coefficient (Wildman–Crippen LogP) is 4.19. The van der Waals surface area contributed by atoms with E-state index in [4.69, 9.17) is 0 Å². The maximum atomic E-state index is 11.9. The van der Waals surface area contributed by atoms with Crippen molar-refractivity contribution >= 4 is 11.7 Å². The molecule has 4 nitrogen and oxygen atoms in total. The summed E-state index contributed by atoms with van der Waals surface area (Å²) in [4.78, 5) is 17.9. The molecule has 23 heavy (non-hydrogen) atoms. The number of hydrogen-bond donors (Lipinski definition) is 1. The molecule has 1 saturated carbocycles. The van der Waals surface area contributed by atoms with Crippen LogP contribution in [0.15, 0.2) is 18.3 Å². The van der Waals surface area contributed by atoms with E-state index in [-0.39, 0.29) is 5.91 Å². The first-order valence-corrected chi connectivity index (χ1v) is 8.71. The molecule has 0 spiro atoms. The molecule has 1 aliphatic carbocycles. The van der Waals surface area contributed by atoms with Gasteiger partial charge >= 0.3 is 0 Å². The van der Waals surface area contributed by atoms with E-state index in [0.29, 0.717) is 17.0 Å². The molecular weight excluding hydrogens is 286 g/mol. The van der Waals surface area contributed by atoms with E-state index < -0.39 is 0 Å². The average molecular weight is 317 g/mol. The van der Waals surface area contributed by atoms with Gasteiger partial charge in [-0.1, -0.05) is 27.2 Å². The van der Waals surface area contributed by atoms with Crippen LogP contribution < -0.4 is 5.32 Å². The van der Waals surface area contributed by atoms with Crippen LogP contribution in [0.5, 0.6) is 0 Å². The Morgan fingerprint density at radius 3 is 2.48 bits per heavy atom. The highest BCUT2D eigenvalue weighted by Gasteiger charge is 2.27. The molecule has 128 valence electrons. The number of nitrogens with zero attached hydrogens (tertiary/aromatic N) is 2. The van der Waals surface area contributed by atoms with Gasteiger partial charge in [-0.25, -0.2) is 4.98 Å². The van der Waals surface area contributed by atoms with Crippen LogP contribution in [0.2, 0.25) is 0 Å². The van der Waals surface area contributed by atoms with Crippen molar-refractivity contribution in [3.63, 3.8) is 0 Å². The van der Waals surface area contributed by atoms with Crippen molar-refractivity contribution in [2.75, 3.05) is 19.4 Å². The lowest BCUT2D eigenvalue weighted by molar-refractivity contribution is 0.0827. The smallest absolute Gasteiger partial charge is 0.254 e. The summed E-state index contributed by atoms with van der Waals surface area (Å²) in [6.45, 7) is 7.06. The predicted molar refractivity (Wildman–Crippen MR) is 95.7 cm³/mol. The van der Waals surface area contributed by atoms with Crippen LogP contribution in [0.1, 0.15) is 63.2 Å². The van der Waals surface area contributed by atoms with Gasteiger partial charge < -0.3 is 10.2 Å². The molecule has 0 saturated heterocycles. The zero-order valence-corrected chi connectivity index (χ0v) is 15.2. The molecule has 1 aromatic heterocycles. The quantitative estimate of drug-likeness (QED) is 0.850. The Balaban J connectivity index is 1.93. The van der Waals surface area contributed by atoms with Crippen molar-refractivity contribution in [2.45, 2.75) is 58.9 Å². The summed E-state index contributed by atoms with van der Waals surface area (Å²) in [5.74, 6) is 1.67. The van der Waals surface area contributed by atoms with Crippen LogP contribution in [0, 0.1) is 11.3 Å². The van der Waals surface area contributed by atoms with Gasteiger partial charge in [-0.05, 0) is 49.1 Å². The highest BCUT2D eigenvalue weighted by molar-refractivity contribution is 5.93. The highest BCUT2D eigenvalue weighted by Crippen LogP contribution is 2.37. The Kier molecular flexibility index (Phi) is 5.66. The summed E-state index contributed by atoms with van der Waals surface area (Å²) in [6.07, 6.45) is 7.94. The molecular formula is C19H31N3O. The summed E-state index contributed by atoms with van der Waals surface area (Å²) in [5.41, 5.74) is 1.04. The van der Waals surface area contributed by atoms with Crippen molar-refractivity contribution in [3.05, 3.63) is 23.9 Å². The molecule has 2 atom stereocenters. The summed E-state index contributed by atoms with van der Waals surface area (Å²) < 4.78 is 0. The van der Waals surface area contributed by atoms with Crippen molar-refractivity contribution in [1.29, 1.82) is 0 Å². The van der Waals surface area contributed by atoms with Gasteiger partial charge in [0.05, 0.1) is 5.56 Å². The molecule has 1 aromatic rings. The largest absolute Gasteiger partial charge is 0.367 e. The molecule has 1 N–H and O–H groups in total. The fourth-order valence-electron chi connectivity index (χ4n) is 3.39. The third-order valence-electron chi connectivity index (χ3n) is 4.96. The number of aromatic nitrogens is 1. The minimum atomic E-state index is -0.00784. The molecule has 1 amide bonds. The second kappa shape index (κ2) is 7.33. The van der Waals surface area contributed by atoms with E-state index in [1.807, 2.05) is 12.1 Å². The topological polar surface area (TPSA) is 45.2 Å². The summed E-state index contributed by atoms with van der Waals surface area (Å²) >= 11 is 0. The Bertz CT molecular complexity index is 516.